The number of ether oxygens (including phenoxy) is 1. The molecule has 26 heavy (non-hydrogen) atoms. The molecule has 2 aliphatic rings. The van der Waals surface area contributed by atoms with E-state index in [0.717, 1.165) is 50.4 Å². The molecule has 0 radical (unpaired) electrons. The van der Waals surface area contributed by atoms with E-state index in [-0.39, 0.29) is 29.4 Å². The largest absolute Gasteiger partial charge is 0.381 e. The third-order valence-corrected chi connectivity index (χ3v) is 5.54. The van der Waals surface area contributed by atoms with Gasteiger partial charge < -0.3 is 15.0 Å². The zero-order valence-corrected chi connectivity index (χ0v) is 18.9. The SMILES string of the molecule is CCNC(=NCC1(c2cccc(Cl)c2)CC1)N1CCC(COCC)C1.I. The number of guanidine groups is 1. The van der Waals surface area contributed by atoms with Gasteiger partial charge in [0, 0.05) is 42.6 Å². The van der Waals surface area contributed by atoms with Gasteiger partial charge in [-0.2, -0.15) is 0 Å². The van der Waals surface area contributed by atoms with Crippen molar-refractivity contribution in [2.24, 2.45) is 10.9 Å². The van der Waals surface area contributed by atoms with E-state index in [9.17, 15) is 0 Å². The normalized spacial score (nSPS) is 21.4. The van der Waals surface area contributed by atoms with Crippen molar-refractivity contribution < 1.29 is 4.74 Å². The van der Waals surface area contributed by atoms with Crippen molar-refractivity contribution in [2.45, 2.75) is 38.5 Å². The topological polar surface area (TPSA) is 36.9 Å². The van der Waals surface area contributed by atoms with Crippen molar-refractivity contribution in [3.8, 4) is 0 Å². The molecule has 0 spiro atoms. The molecule has 1 saturated carbocycles. The van der Waals surface area contributed by atoms with Gasteiger partial charge in [0.05, 0.1) is 13.2 Å². The second kappa shape index (κ2) is 10.1. The molecule has 0 bridgehead atoms. The van der Waals surface area contributed by atoms with Gasteiger partial charge in [-0.1, -0.05) is 23.7 Å². The molecule has 1 aromatic carbocycles. The Morgan fingerprint density at radius 2 is 2.19 bits per heavy atom. The van der Waals surface area contributed by atoms with E-state index in [0.29, 0.717) is 5.92 Å². The van der Waals surface area contributed by atoms with Crippen LogP contribution in [0, 0.1) is 5.92 Å². The Morgan fingerprint density at radius 3 is 2.85 bits per heavy atom. The lowest BCUT2D eigenvalue weighted by atomic mass is 9.96. The number of likely N-dealkylation sites (tertiary alicyclic amines) is 1. The number of benzene rings is 1. The molecule has 1 saturated heterocycles. The average molecular weight is 492 g/mol. The van der Waals surface area contributed by atoms with Crippen LogP contribution in [0.2, 0.25) is 5.02 Å². The Morgan fingerprint density at radius 1 is 1.38 bits per heavy atom. The van der Waals surface area contributed by atoms with Crippen LogP contribution < -0.4 is 5.32 Å². The standard InChI is InChI=1S/C20H30ClN3O.HI/c1-3-22-19(24-11-8-16(13-24)14-25-4-2)23-15-20(9-10-20)17-6-5-7-18(21)12-17;/h5-7,12,16H,3-4,8-11,13-15H2,1-2H3,(H,22,23);1H. The second-order valence-electron chi connectivity index (χ2n) is 7.22. The molecule has 1 N–H and O–H groups in total. The van der Waals surface area contributed by atoms with E-state index < -0.39 is 0 Å². The van der Waals surface area contributed by atoms with Crippen LogP contribution in [-0.2, 0) is 10.2 Å². The fraction of sp³-hybridized carbons (Fsp3) is 0.650. The predicted molar refractivity (Wildman–Crippen MR) is 120 cm³/mol. The highest BCUT2D eigenvalue weighted by Crippen LogP contribution is 2.48. The van der Waals surface area contributed by atoms with Gasteiger partial charge in [-0.15, -0.1) is 24.0 Å². The Bertz CT molecular complexity index is 606. The average Bonchev–Trinajstić information content (AvgIpc) is 3.27. The molecule has 1 heterocycles. The van der Waals surface area contributed by atoms with Gasteiger partial charge in [-0.3, -0.25) is 4.99 Å². The third kappa shape index (κ3) is 5.49. The third-order valence-electron chi connectivity index (χ3n) is 5.30. The van der Waals surface area contributed by atoms with Crippen LogP contribution in [0.15, 0.2) is 29.3 Å². The lowest BCUT2D eigenvalue weighted by molar-refractivity contribution is 0.114. The quantitative estimate of drug-likeness (QED) is 0.351. The number of aliphatic imine (C=N–C) groups is 1. The monoisotopic (exact) mass is 491 g/mol. The van der Waals surface area contributed by atoms with Gasteiger partial charge in [0.25, 0.3) is 0 Å². The molecular formula is C20H31ClIN3O. The molecule has 4 nitrogen and oxygen atoms in total. The fourth-order valence-electron chi connectivity index (χ4n) is 3.60. The lowest BCUT2D eigenvalue weighted by Gasteiger charge is -2.23. The smallest absolute Gasteiger partial charge is 0.193 e. The highest BCUT2D eigenvalue weighted by molar-refractivity contribution is 14.0. The Kier molecular flexibility index (Phi) is 8.48. The summed E-state index contributed by atoms with van der Waals surface area (Å²) in [4.78, 5) is 7.39. The zero-order chi connectivity index (χ0) is 17.7. The van der Waals surface area contributed by atoms with Crippen molar-refractivity contribution in [3.63, 3.8) is 0 Å². The number of nitrogens with zero attached hydrogens (tertiary/aromatic N) is 2. The summed E-state index contributed by atoms with van der Waals surface area (Å²) in [6.07, 6.45) is 3.58. The minimum Gasteiger partial charge on any atom is -0.381 e. The van der Waals surface area contributed by atoms with E-state index in [2.05, 4.69) is 36.2 Å². The first-order valence-electron chi connectivity index (χ1n) is 9.54. The van der Waals surface area contributed by atoms with Gasteiger partial charge >= 0.3 is 0 Å². The van der Waals surface area contributed by atoms with Crippen LogP contribution in [0.1, 0.15) is 38.7 Å². The number of nitrogens with one attached hydrogen (secondary N) is 1. The highest BCUT2D eigenvalue weighted by atomic mass is 127. The van der Waals surface area contributed by atoms with Crippen LogP contribution in [-0.4, -0.2) is 50.3 Å². The van der Waals surface area contributed by atoms with E-state index in [1.165, 1.54) is 24.8 Å². The maximum Gasteiger partial charge on any atom is 0.193 e. The van der Waals surface area contributed by atoms with Crippen LogP contribution in [0.3, 0.4) is 0 Å². The molecular weight excluding hydrogens is 461 g/mol. The first-order valence-corrected chi connectivity index (χ1v) is 9.91. The summed E-state index contributed by atoms with van der Waals surface area (Å²) in [6, 6.07) is 8.28. The number of hydrogen-bond donors (Lipinski definition) is 1. The van der Waals surface area contributed by atoms with E-state index in [1.54, 1.807) is 0 Å². The molecule has 1 unspecified atom stereocenters. The maximum atomic E-state index is 6.18. The molecule has 1 aliphatic carbocycles. The van der Waals surface area contributed by atoms with Crippen LogP contribution in [0.5, 0.6) is 0 Å². The number of rotatable bonds is 7. The van der Waals surface area contributed by atoms with Gasteiger partial charge in [0.1, 0.15) is 0 Å². The molecule has 1 aromatic rings. The summed E-state index contributed by atoms with van der Waals surface area (Å²) < 4.78 is 5.60. The van der Waals surface area contributed by atoms with Gasteiger partial charge in [0.15, 0.2) is 5.96 Å². The molecule has 1 atom stereocenters. The van der Waals surface area contributed by atoms with Crippen molar-refractivity contribution in [2.75, 3.05) is 39.4 Å². The Labute approximate surface area is 179 Å². The predicted octanol–water partition coefficient (Wildman–Crippen LogP) is 4.31. The van der Waals surface area contributed by atoms with E-state index >= 15 is 0 Å². The van der Waals surface area contributed by atoms with Gasteiger partial charge in [-0.25, -0.2) is 0 Å². The Hall–Kier alpha value is -0.530. The molecule has 0 amide bonds. The zero-order valence-electron chi connectivity index (χ0n) is 15.8. The van der Waals surface area contributed by atoms with E-state index in [1.807, 2.05) is 12.1 Å². The fourth-order valence-corrected chi connectivity index (χ4v) is 3.80. The summed E-state index contributed by atoms with van der Waals surface area (Å²) in [5.74, 6) is 1.67. The molecule has 1 aliphatic heterocycles. The highest BCUT2D eigenvalue weighted by Gasteiger charge is 2.44. The van der Waals surface area contributed by atoms with Crippen LogP contribution in [0.4, 0.5) is 0 Å². The number of halogens is 2. The lowest BCUT2D eigenvalue weighted by Crippen LogP contribution is -2.40. The molecule has 146 valence electrons. The van der Waals surface area contributed by atoms with Crippen molar-refractivity contribution in [1.82, 2.24) is 10.2 Å². The first-order chi connectivity index (χ1) is 12.2. The van der Waals surface area contributed by atoms with E-state index in [4.69, 9.17) is 21.3 Å². The summed E-state index contributed by atoms with van der Waals surface area (Å²) in [5, 5.41) is 4.29. The molecule has 3 rings (SSSR count). The maximum absolute atomic E-state index is 6.18. The molecule has 0 aromatic heterocycles. The Balaban J connectivity index is 0.00000243. The number of hydrogen-bond acceptors (Lipinski definition) is 2. The summed E-state index contributed by atoms with van der Waals surface area (Å²) in [6.45, 7) is 9.68. The van der Waals surface area contributed by atoms with Crippen molar-refractivity contribution in [3.05, 3.63) is 34.9 Å². The minimum absolute atomic E-state index is 0. The van der Waals surface area contributed by atoms with Gasteiger partial charge in [0.2, 0.25) is 0 Å². The molecule has 2 fully saturated rings. The van der Waals surface area contributed by atoms with Crippen LogP contribution in [0.25, 0.3) is 0 Å². The summed E-state index contributed by atoms with van der Waals surface area (Å²) >= 11 is 6.18. The summed E-state index contributed by atoms with van der Waals surface area (Å²) in [5.41, 5.74) is 1.52. The molecule has 6 heteroatoms. The minimum atomic E-state index is 0. The van der Waals surface area contributed by atoms with Crippen LogP contribution >= 0.6 is 35.6 Å². The van der Waals surface area contributed by atoms with Crippen molar-refractivity contribution >= 4 is 41.5 Å². The van der Waals surface area contributed by atoms with Gasteiger partial charge in [-0.05, 0) is 50.8 Å². The van der Waals surface area contributed by atoms with Crippen molar-refractivity contribution in [1.29, 1.82) is 0 Å². The first kappa shape index (κ1) is 21.8. The summed E-state index contributed by atoms with van der Waals surface area (Å²) in [7, 11) is 0. The second-order valence-corrected chi connectivity index (χ2v) is 7.66.